The molecule has 0 radical (unpaired) electrons. The van der Waals surface area contributed by atoms with Gasteiger partial charge in [-0.05, 0) is 24.8 Å². The number of fused-ring (bicyclic) bond motifs is 1. The van der Waals surface area contributed by atoms with Crippen LogP contribution < -0.4 is 10.6 Å². The Labute approximate surface area is 118 Å². The van der Waals surface area contributed by atoms with Crippen LogP contribution in [0.25, 0.3) is 0 Å². The van der Waals surface area contributed by atoms with Gasteiger partial charge in [0.2, 0.25) is 5.91 Å². The van der Waals surface area contributed by atoms with Crippen molar-refractivity contribution in [2.24, 2.45) is 0 Å². The van der Waals surface area contributed by atoms with Crippen LogP contribution in [0.4, 0.5) is 5.69 Å². The Morgan fingerprint density at radius 1 is 1.58 bits per heavy atom. The lowest BCUT2D eigenvalue weighted by molar-refractivity contribution is -0.122. The van der Waals surface area contributed by atoms with E-state index in [1.165, 1.54) is 5.56 Å². The van der Waals surface area contributed by atoms with E-state index < -0.39 is 5.60 Å². The highest BCUT2D eigenvalue weighted by Gasteiger charge is 2.28. The molecule has 0 fully saturated rings. The number of carbonyl (C=O) groups excluding carboxylic acids is 1. The quantitative estimate of drug-likeness (QED) is 0.760. The fourth-order valence-electron chi connectivity index (χ4n) is 2.22. The highest BCUT2D eigenvalue weighted by atomic mass is 32.2. The van der Waals surface area contributed by atoms with Crippen molar-refractivity contribution >= 4 is 23.4 Å². The number of rotatable bonds is 5. The second-order valence-electron chi connectivity index (χ2n) is 5.21. The van der Waals surface area contributed by atoms with Gasteiger partial charge in [-0.3, -0.25) is 4.79 Å². The molecule has 2 rings (SSSR count). The second-order valence-corrected chi connectivity index (χ2v) is 6.07. The first-order valence-electron chi connectivity index (χ1n) is 6.35. The molecule has 0 bridgehead atoms. The molecule has 0 aromatic heterocycles. The highest BCUT2D eigenvalue weighted by Crippen LogP contribution is 2.25. The maximum atomic E-state index is 12.1. The van der Waals surface area contributed by atoms with Crippen molar-refractivity contribution in [1.82, 2.24) is 5.32 Å². The summed E-state index contributed by atoms with van der Waals surface area (Å²) in [6, 6.07) is 7.70. The SMILES string of the molecule is CSCC(C)(O)CNC(=O)[C@@H]1Cc2ccccc2N1. The van der Waals surface area contributed by atoms with Gasteiger partial charge in [0.1, 0.15) is 6.04 Å². The van der Waals surface area contributed by atoms with Gasteiger partial charge in [0.15, 0.2) is 0 Å². The van der Waals surface area contributed by atoms with Crippen molar-refractivity contribution in [2.45, 2.75) is 25.0 Å². The van der Waals surface area contributed by atoms with Gasteiger partial charge in [-0.15, -0.1) is 0 Å². The Hall–Kier alpha value is -1.20. The molecule has 1 amide bonds. The van der Waals surface area contributed by atoms with Gasteiger partial charge in [-0.2, -0.15) is 11.8 Å². The Bertz CT molecular complexity index is 438. The van der Waals surface area contributed by atoms with Gasteiger partial charge < -0.3 is 15.7 Å². The molecule has 1 heterocycles. The van der Waals surface area contributed by atoms with Crippen LogP contribution in [0.1, 0.15) is 12.5 Å². The molecule has 1 unspecified atom stereocenters. The zero-order valence-electron chi connectivity index (χ0n) is 11.3. The molecule has 1 aliphatic heterocycles. The summed E-state index contributed by atoms with van der Waals surface area (Å²) in [5.41, 5.74) is 1.33. The predicted molar refractivity (Wildman–Crippen MR) is 79.6 cm³/mol. The lowest BCUT2D eigenvalue weighted by atomic mass is 10.1. The molecule has 2 atom stereocenters. The van der Waals surface area contributed by atoms with Crippen molar-refractivity contribution in [1.29, 1.82) is 0 Å². The number of para-hydroxylation sites is 1. The maximum absolute atomic E-state index is 12.1. The highest BCUT2D eigenvalue weighted by molar-refractivity contribution is 7.98. The summed E-state index contributed by atoms with van der Waals surface area (Å²) < 4.78 is 0. The Morgan fingerprint density at radius 3 is 3.00 bits per heavy atom. The molecular formula is C14H20N2O2S. The molecule has 3 N–H and O–H groups in total. The van der Waals surface area contributed by atoms with Crippen molar-refractivity contribution in [3.63, 3.8) is 0 Å². The summed E-state index contributed by atoms with van der Waals surface area (Å²) in [4.78, 5) is 12.1. The van der Waals surface area contributed by atoms with Crippen LogP contribution in [0.3, 0.4) is 0 Å². The van der Waals surface area contributed by atoms with Crippen molar-refractivity contribution in [3.8, 4) is 0 Å². The van der Waals surface area contributed by atoms with Crippen molar-refractivity contribution in [2.75, 3.05) is 23.9 Å². The molecule has 0 saturated carbocycles. The van der Waals surface area contributed by atoms with E-state index in [1.54, 1.807) is 18.7 Å². The first-order chi connectivity index (χ1) is 9.02. The van der Waals surface area contributed by atoms with Crippen molar-refractivity contribution < 1.29 is 9.90 Å². The number of nitrogens with one attached hydrogen (secondary N) is 2. The standard InChI is InChI=1S/C14H20N2O2S/c1-14(18,9-19-2)8-15-13(17)12-7-10-5-3-4-6-11(10)16-12/h3-6,12,16,18H,7-9H2,1-2H3,(H,15,17)/t12-,14?/m0/s1. The largest absolute Gasteiger partial charge is 0.387 e. The van der Waals surface area contributed by atoms with Crippen LogP contribution in [-0.4, -0.2) is 41.2 Å². The molecular weight excluding hydrogens is 260 g/mol. The second kappa shape index (κ2) is 5.84. The van der Waals surface area contributed by atoms with E-state index in [1.807, 2.05) is 30.5 Å². The number of hydrogen-bond acceptors (Lipinski definition) is 4. The normalized spacial score (nSPS) is 20.3. The zero-order valence-corrected chi connectivity index (χ0v) is 12.1. The Balaban J connectivity index is 1.86. The molecule has 0 aliphatic carbocycles. The summed E-state index contributed by atoms with van der Waals surface area (Å²) in [6.45, 7) is 2.02. The molecule has 1 aliphatic rings. The fraction of sp³-hybridized carbons (Fsp3) is 0.500. The third kappa shape index (κ3) is 3.64. The van der Waals surface area contributed by atoms with E-state index >= 15 is 0 Å². The average molecular weight is 280 g/mol. The summed E-state index contributed by atoms with van der Waals surface area (Å²) >= 11 is 1.57. The molecule has 104 valence electrons. The topological polar surface area (TPSA) is 61.4 Å². The van der Waals surface area contributed by atoms with Gasteiger partial charge in [0.05, 0.1) is 5.60 Å². The van der Waals surface area contributed by atoms with Crippen molar-refractivity contribution in [3.05, 3.63) is 29.8 Å². The summed E-state index contributed by atoms with van der Waals surface area (Å²) in [5, 5.41) is 16.0. The van der Waals surface area contributed by atoms with E-state index in [-0.39, 0.29) is 18.5 Å². The molecule has 1 aromatic rings. The van der Waals surface area contributed by atoms with Crippen LogP contribution >= 0.6 is 11.8 Å². The van der Waals surface area contributed by atoms with Crippen LogP contribution in [0.5, 0.6) is 0 Å². The number of carbonyl (C=O) groups is 1. The van der Waals surface area contributed by atoms with E-state index in [9.17, 15) is 9.90 Å². The molecule has 5 heteroatoms. The zero-order chi connectivity index (χ0) is 13.9. The van der Waals surface area contributed by atoms with E-state index in [0.29, 0.717) is 12.2 Å². The number of benzene rings is 1. The fourth-order valence-corrected chi connectivity index (χ4v) is 2.94. The van der Waals surface area contributed by atoms with E-state index in [0.717, 1.165) is 5.69 Å². The minimum Gasteiger partial charge on any atom is -0.387 e. The van der Waals surface area contributed by atoms with Crippen LogP contribution in [0.15, 0.2) is 24.3 Å². The maximum Gasteiger partial charge on any atom is 0.242 e. The summed E-state index contributed by atoms with van der Waals surface area (Å²) in [7, 11) is 0. The lowest BCUT2D eigenvalue weighted by Crippen LogP contribution is -2.47. The molecule has 1 aromatic carbocycles. The van der Waals surface area contributed by atoms with Gasteiger partial charge in [0.25, 0.3) is 0 Å². The summed E-state index contributed by atoms with van der Waals surface area (Å²) in [5.74, 6) is 0.545. The van der Waals surface area contributed by atoms with Crippen LogP contribution in [0.2, 0.25) is 0 Å². The van der Waals surface area contributed by atoms with Crippen LogP contribution in [-0.2, 0) is 11.2 Å². The molecule has 4 nitrogen and oxygen atoms in total. The van der Waals surface area contributed by atoms with E-state index in [4.69, 9.17) is 0 Å². The minimum atomic E-state index is -0.861. The Kier molecular flexibility index (Phi) is 4.37. The van der Waals surface area contributed by atoms with Crippen LogP contribution in [0, 0.1) is 0 Å². The molecule has 0 saturated heterocycles. The Morgan fingerprint density at radius 2 is 2.32 bits per heavy atom. The first-order valence-corrected chi connectivity index (χ1v) is 7.75. The third-order valence-electron chi connectivity index (χ3n) is 3.19. The summed E-state index contributed by atoms with van der Waals surface area (Å²) in [6.07, 6.45) is 2.64. The van der Waals surface area contributed by atoms with E-state index in [2.05, 4.69) is 10.6 Å². The van der Waals surface area contributed by atoms with Gasteiger partial charge in [0, 0.05) is 24.4 Å². The predicted octanol–water partition coefficient (Wildman–Crippen LogP) is 1.25. The van der Waals surface area contributed by atoms with Gasteiger partial charge >= 0.3 is 0 Å². The minimum absolute atomic E-state index is 0.0578. The van der Waals surface area contributed by atoms with Gasteiger partial charge in [-0.25, -0.2) is 0 Å². The molecule has 19 heavy (non-hydrogen) atoms. The number of aliphatic hydroxyl groups is 1. The number of amides is 1. The lowest BCUT2D eigenvalue weighted by Gasteiger charge is -2.23. The monoisotopic (exact) mass is 280 g/mol. The third-order valence-corrected chi connectivity index (χ3v) is 4.10. The molecule has 0 spiro atoms. The number of anilines is 1. The number of thioether (sulfide) groups is 1. The first kappa shape index (κ1) is 14.2. The van der Waals surface area contributed by atoms with Gasteiger partial charge in [-0.1, -0.05) is 18.2 Å². The smallest absolute Gasteiger partial charge is 0.242 e. The average Bonchev–Trinajstić information content (AvgIpc) is 2.79. The number of hydrogen-bond donors (Lipinski definition) is 3.